The van der Waals surface area contributed by atoms with Crippen LogP contribution in [0.5, 0.6) is 0 Å². The Kier molecular flexibility index (Phi) is 4.34. The van der Waals surface area contributed by atoms with Crippen molar-refractivity contribution in [2.24, 2.45) is 17.4 Å². The van der Waals surface area contributed by atoms with Crippen LogP contribution in [0.4, 0.5) is 4.79 Å². The van der Waals surface area contributed by atoms with Crippen LogP contribution in [-0.2, 0) is 4.74 Å². The lowest BCUT2D eigenvalue weighted by Gasteiger charge is -2.35. The molecular formula is C7H15ClN2O2. The molecule has 1 rings (SSSR count). The zero-order valence-corrected chi connectivity index (χ0v) is 7.84. The molecule has 1 aliphatic carbocycles. The van der Waals surface area contributed by atoms with E-state index >= 15 is 0 Å². The quantitative estimate of drug-likeness (QED) is 0.677. The Hall–Kier alpha value is -0.480. The van der Waals surface area contributed by atoms with Crippen LogP contribution < -0.4 is 11.5 Å². The maximum absolute atomic E-state index is 10.3. The van der Waals surface area contributed by atoms with Gasteiger partial charge in [-0.25, -0.2) is 4.79 Å². The first-order valence-corrected chi connectivity index (χ1v) is 3.81. The first-order valence-electron chi connectivity index (χ1n) is 3.81. The van der Waals surface area contributed by atoms with E-state index in [1.54, 1.807) is 0 Å². The molecule has 4 N–H and O–H groups in total. The molecule has 1 saturated carbocycles. The number of ether oxygens (including phenoxy) is 1. The highest BCUT2D eigenvalue weighted by molar-refractivity contribution is 5.85. The van der Waals surface area contributed by atoms with Crippen molar-refractivity contribution in [3.8, 4) is 0 Å². The van der Waals surface area contributed by atoms with Crippen molar-refractivity contribution in [3.05, 3.63) is 0 Å². The number of hydrogen-bond donors (Lipinski definition) is 2. The lowest BCUT2D eigenvalue weighted by molar-refractivity contribution is 0.0420. The average Bonchev–Trinajstić information content (AvgIpc) is 1.79. The lowest BCUT2D eigenvalue weighted by atomic mass is 9.78. The predicted octanol–water partition coefficient (Wildman–Crippen LogP) is 0.629. The molecule has 4 nitrogen and oxygen atoms in total. The normalized spacial score (nSPS) is 29.5. The van der Waals surface area contributed by atoms with E-state index in [9.17, 15) is 4.79 Å². The Morgan fingerprint density at radius 2 is 2.08 bits per heavy atom. The van der Waals surface area contributed by atoms with Crippen LogP contribution in [0, 0.1) is 5.92 Å². The third-order valence-electron chi connectivity index (χ3n) is 2.18. The van der Waals surface area contributed by atoms with Gasteiger partial charge in [-0.05, 0) is 25.7 Å². The van der Waals surface area contributed by atoms with Crippen LogP contribution in [0.1, 0.15) is 19.8 Å². The zero-order chi connectivity index (χ0) is 8.43. The first-order chi connectivity index (χ1) is 5.09. The van der Waals surface area contributed by atoms with Crippen molar-refractivity contribution < 1.29 is 9.53 Å². The number of hydrogen-bond acceptors (Lipinski definition) is 3. The van der Waals surface area contributed by atoms with Crippen LogP contribution >= 0.6 is 12.4 Å². The Bertz CT molecular complexity index is 159. The second kappa shape index (κ2) is 4.52. The van der Waals surface area contributed by atoms with Gasteiger partial charge in [-0.3, -0.25) is 0 Å². The predicted molar refractivity (Wildman–Crippen MR) is 48.1 cm³/mol. The van der Waals surface area contributed by atoms with E-state index in [0.717, 1.165) is 12.8 Å². The summed E-state index contributed by atoms with van der Waals surface area (Å²) in [5.74, 6) is 0.414. The van der Waals surface area contributed by atoms with Gasteiger partial charge in [0.05, 0.1) is 0 Å². The monoisotopic (exact) mass is 194 g/mol. The van der Waals surface area contributed by atoms with Crippen molar-refractivity contribution in [2.75, 3.05) is 0 Å². The Morgan fingerprint density at radius 3 is 2.42 bits per heavy atom. The number of primary amides is 1. The highest BCUT2D eigenvalue weighted by Gasteiger charge is 2.32. The maximum Gasteiger partial charge on any atom is 0.404 e. The molecule has 0 aromatic carbocycles. The van der Waals surface area contributed by atoms with E-state index in [4.69, 9.17) is 16.2 Å². The third kappa shape index (κ3) is 2.87. The highest BCUT2D eigenvalue weighted by atomic mass is 35.5. The summed E-state index contributed by atoms with van der Waals surface area (Å²) >= 11 is 0. The van der Waals surface area contributed by atoms with Crippen LogP contribution in [0.2, 0.25) is 0 Å². The molecule has 0 aromatic heterocycles. The Labute approximate surface area is 78.0 Å². The SMILES string of the molecule is CC(OC(N)=O)C1CC(N)C1.Cl. The fourth-order valence-corrected chi connectivity index (χ4v) is 1.37. The summed E-state index contributed by atoms with van der Waals surface area (Å²) in [7, 11) is 0. The zero-order valence-electron chi connectivity index (χ0n) is 7.03. The minimum Gasteiger partial charge on any atom is -0.446 e. The fraction of sp³-hybridized carbons (Fsp3) is 0.857. The number of carbonyl (C=O) groups excluding carboxylic acids is 1. The molecule has 0 heterocycles. The maximum atomic E-state index is 10.3. The molecule has 1 unspecified atom stereocenters. The van der Waals surface area contributed by atoms with Crippen LogP contribution in [0.25, 0.3) is 0 Å². The summed E-state index contributed by atoms with van der Waals surface area (Å²) in [6.45, 7) is 1.85. The molecule has 12 heavy (non-hydrogen) atoms. The van der Waals surface area contributed by atoms with E-state index < -0.39 is 6.09 Å². The minimum absolute atomic E-state index is 0. The van der Waals surface area contributed by atoms with E-state index in [1.807, 2.05) is 6.92 Å². The molecule has 0 spiro atoms. The van der Waals surface area contributed by atoms with Gasteiger partial charge in [0.2, 0.25) is 0 Å². The largest absolute Gasteiger partial charge is 0.446 e. The molecule has 1 aliphatic rings. The topological polar surface area (TPSA) is 78.3 Å². The summed E-state index contributed by atoms with van der Waals surface area (Å²) in [5.41, 5.74) is 10.4. The second-order valence-electron chi connectivity index (χ2n) is 3.13. The molecule has 5 heteroatoms. The van der Waals surface area contributed by atoms with Gasteiger partial charge < -0.3 is 16.2 Å². The average molecular weight is 195 g/mol. The molecule has 1 atom stereocenters. The highest BCUT2D eigenvalue weighted by Crippen LogP contribution is 2.29. The van der Waals surface area contributed by atoms with Crippen molar-refractivity contribution in [2.45, 2.75) is 31.9 Å². The van der Waals surface area contributed by atoms with Crippen LogP contribution in [0.3, 0.4) is 0 Å². The summed E-state index contributed by atoms with van der Waals surface area (Å²) in [4.78, 5) is 10.3. The van der Waals surface area contributed by atoms with Crippen molar-refractivity contribution in [1.29, 1.82) is 0 Å². The molecule has 0 aliphatic heterocycles. The van der Waals surface area contributed by atoms with Crippen molar-refractivity contribution in [1.82, 2.24) is 0 Å². The summed E-state index contributed by atoms with van der Waals surface area (Å²) in [6.07, 6.45) is 1.10. The lowest BCUT2D eigenvalue weighted by Crippen LogP contribution is -2.43. The van der Waals surface area contributed by atoms with Gasteiger partial charge in [0.1, 0.15) is 6.10 Å². The molecular weight excluding hydrogens is 180 g/mol. The smallest absolute Gasteiger partial charge is 0.404 e. The molecule has 0 bridgehead atoms. The number of nitrogens with two attached hydrogens (primary N) is 2. The Morgan fingerprint density at radius 1 is 1.58 bits per heavy atom. The summed E-state index contributed by atoms with van der Waals surface area (Å²) < 4.78 is 4.79. The van der Waals surface area contributed by atoms with Crippen molar-refractivity contribution in [3.63, 3.8) is 0 Å². The fourth-order valence-electron chi connectivity index (χ4n) is 1.37. The molecule has 0 saturated heterocycles. The summed E-state index contributed by atoms with van der Waals surface area (Å²) in [6, 6.07) is 0.291. The third-order valence-corrected chi connectivity index (χ3v) is 2.18. The molecule has 1 amide bonds. The van der Waals surface area contributed by atoms with E-state index in [-0.39, 0.29) is 18.5 Å². The van der Waals surface area contributed by atoms with E-state index in [2.05, 4.69) is 0 Å². The van der Waals surface area contributed by atoms with Crippen LogP contribution in [-0.4, -0.2) is 18.2 Å². The van der Waals surface area contributed by atoms with Gasteiger partial charge in [-0.15, -0.1) is 12.4 Å². The minimum atomic E-state index is -0.696. The number of amides is 1. The second-order valence-corrected chi connectivity index (χ2v) is 3.13. The van der Waals surface area contributed by atoms with Crippen LogP contribution in [0.15, 0.2) is 0 Å². The van der Waals surface area contributed by atoms with E-state index in [1.165, 1.54) is 0 Å². The number of carbonyl (C=O) groups is 1. The standard InChI is InChI=1S/C7H14N2O2.ClH/c1-4(11-7(9)10)5-2-6(8)3-5;/h4-6H,2-3,8H2,1H3,(H2,9,10);1H. The van der Waals surface area contributed by atoms with Gasteiger partial charge in [0.15, 0.2) is 0 Å². The van der Waals surface area contributed by atoms with E-state index in [0.29, 0.717) is 12.0 Å². The Balaban J connectivity index is 0.00000121. The molecule has 72 valence electrons. The van der Waals surface area contributed by atoms with Crippen molar-refractivity contribution >= 4 is 18.5 Å². The molecule has 0 aromatic rings. The van der Waals surface area contributed by atoms with Gasteiger partial charge in [0, 0.05) is 6.04 Å². The van der Waals surface area contributed by atoms with Gasteiger partial charge in [-0.1, -0.05) is 0 Å². The van der Waals surface area contributed by atoms with Gasteiger partial charge in [-0.2, -0.15) is 0 Å². The van der Waals surface area contributed by atoms with Gasteiger partial charge >= 0.3 is 6.09 Å². The molecule has 1 fully saturated rings. The number of halogens is 1. The first kappa shape index (κ1) is 11.5. The summed E-state index contributed by atoms with van der Waals surface area (Å²) in [5, 5.41) is 0. The molecule has 0 radical (unpaired) electrons. The van der Waals surface area contributed by atoms with Gasteiger partial charge in [0.25, 0.3) is 0 Å². The number of rotatable bonds is 2.